The van der Waals surface area contributed by atoms with E-state index in [0.717, 1.165) is 11.1 Å². The molecule has 0 aliphatic carbocycles. The van der Waals surface area contributed by atoms with Crippen molar-refractivity contribution in [3.05, 3.63) is 64.7 Å². The Balaban J connectivity index is 2.04. The Labute approximate surface area is 115 Å². The molecule has 0 fully saturated rings. The molecule has 0 aliphatic rings. The smallest absolute Gasteiger partial charge is 0.122 e. The molecule has 0 radical (unpaired) electrons. The Morgan fingerprint density at radius 2 is 1.84 bits per heavy atom. The van der Waals surface area contributed by atoms with Gasteiger partial charge in [0.15, 0.2) is 0 Å². The maximum absolute atomic E-state index is 9.99. The molecule has 2 rings (SSSR count). The zero-order chi connectivity index (χ0) is 13.8. The summed E-state index contributed by atoms with van der Waals surface area (Å²) in [6.45, 7) is 6.83. The van der Waals surface area contributed by atoms with E-state index in [9.17, 15) is 5.11 Å². The summed E-state index contributed by atoms with van der Waals surface area (Å²) in [5, 5.41) is 13.4. The van der Waals surface area contributed by atoms with Crippen molar-refractivity contribution in [1.82, 2.24) is 5.32 Å². The highest BCUT2D eigenvalue weighted by Crippen LogP contribution is 2.22. The van der Waals surface area contributed by atoms with Crippen LogP contribution in [0.25, 0.3) is 0 Å². The van der Waals surface area contributed by atoms with Crippen LogP contribution in [0.1, 0.15) is 35.2 Å². The maximum atomic E-state index is 9.99. The van der Waals surface area contributed by atoms with Gasteiger partial charge in [-0.25, -0.2) is 0 Å². The normalized spacial score (nSPS) is 12.4. The summed E-state index contributed by atoms with van der Waals surface area (Å²) in [6.07, 6.45) is 0. The molecule has 0 unspecified atom stereocenters. The van der Waals surface area contributed by atoms with Crippen LogP contribution in [0.4, 0.5) is 0 Å². The Bertz CT molecular complexity index is 563. The van der Waals surface area contributed by atoms with Crippen molar-refractivity contribution in [2.24, 2.45) is 0 Å². The van der Waals surface area contributed by atoms with Gasteiger partial charge in [0, 0.05) is 18.2 Å². The molecule has 0 heterocycles. The lowest BCUT2D eigenvalue weighted by molar-refractivity contribution is 0.456. The zero-order valence-corrected chi connectivity index (χ0v) is 11.8. The second-order valence-corrected chi connectivity index (χ2v) is 5.10. The van der Waals surface area contributed by atoms with Crippen molar-refractivity contribution in [3.63, 3.8) is 0 Å². The Kier molecular flexibility index (Phi) is 4.23. The lowest BCUT2D eigenvalue weighted by Gasteiger charge is -2.16. The number of aromatic hydroxyl groups is 1. The highest BCUT2D eigenvalue weighted by molar-refractivity contribution is 5.39. The standard InChI is InChI=1S/C17H21NO/c1-12-6-4-8-15(10-12)14(3)18-11-16-9-5-7-13(2)17(16)19/h4-10,14,18-19H,11H2,1-3H3/t14-/m1/s1. The van der Waals surface area contributed by atoms with Crippen molar-refractivity contribution in [2.75, 3.05) is 0 Å². The first-order valence-electron chi connectivity index (χ1n) is 6.65. The molecule has 2 aromatic rings. The van der Waals surface area contributed by atoms with E-state index >= 15 is 0 Å². The molecule has 19 heavy (non-hydrogen) atoms. The molecule has 2 aromatic carbocycles. The van der Waals surface area contributed by atoms with Gasteiger partial charge in [0.2, 0.25) is 0 Å². The molecule has 0 bridgehead atoms. The number of phenols is 1. The molecule has 2 nitrogen and oxygen atoms in total. The lowest BCUT2D eigenvalue weighted by atomic mass is 10.0. The number of phenolic OH excluding ortho intramolecular Hbond substituents is 1. The predicted molar refractivity (Wildman–Crippen MR) is 79.3 cm³/mol. The van der Waals surface area contributed by atoms with Crippen LogP contribution in [0, 0.1) is 13.8 Å². The molecular formula is C17H21NO. The van der Waals surface area contributed by atoms with Crippen LogP contribution in [0.15, 0.2) is 42.5 Å². The number of benzene rings is 2. The van der Waals surface area contributed by atoms with Gasteiger partial charge in [-0.3, -0.25) is 0 Å². The number of hydrogen-bond acceptors (Lipinski definition) is 2. The van der Waals surface area contributed by atoms with Gasteiger partial charge in [-0.2, -0.15) is 0 Å². The molecule has 0 saturated heterocycles. The third-order valence-electron chi connectivity index (χ3n) is 3.46. The Morgan fingerprint density at radius 3 is 2.58 bits per heavy atom. The van der Waals surface area contributed by atoms with Gasteiger partial charge >= 0.3 is 0 Å². The van der Waals surface area contributed by atoms with Gasteiger partial charge in [-0.05, 0) is 31.9 Å². The van der Waals surface area contributed by atoms with E-state index in [-0.39, 0.29) is 6.04 Å². The van der Waals surface area contributed by atoms with Crippen LogP contribution in [0.5, 0.6) is 5.75 Å². The molecular weight excluding hydrogens is 234 g/mol. The first kappa shape index (κ1) is 13.6. The Morgan fingerprint density at radius 1 is 1.11 bits per heavy atom. The Hall–Kier alpha value is -1.80. The summed E-state index contributed by atoms with van der Waals surface area (Å²) >= 11 is 0. The summed E-state index contributed by atoms with van der Waals surface area (Å²) in [5.74, 6) is 0.395. The molecule has 2 heteroatoms. The minimum Gasteiger partial charge on any atom is -0.507 e. The molecule has 0 spiro atoms. The molecule has 1 atom stereocenters. The molecule has 0 aliphatic heterocycles. The molecule has 0 amide bonds. The van der Waals surface area contributed by atoms with E-state index in [2.05, 4.69) is 43.4 Å². The second kappa shape index (κ2) is 5.89. The van der Waals surface area contributed by atoms with Crippen molar-refractivity contribution in [3.8, 4) is 5.75 Å². The second-order valence-electron chi connectivity index (χ2n) is 5.10. The summed E-state index contributed by atoms with van der Waals surface area (Å²) in [6, 6.07) is 14.6. The summed E-state index contributed by atoms with van der Waals surface area (Å²) in [7, 11) is 0. The van der Waals surface area contributed by atoms with Crippen LogP contribution in [0.3, 0.4) is 0 Å². The van der Waals surface area contributed by atoms with E-state index in [1.807, 2.05) is 25.1 Å². The minimum atomic E-state index is 0.264. The van der Waals surface area contributed by atoms with Crippen LogP contribution in [-0.4, -0.2) is 5.11 Å². The van der Waals surface area contributed by atoms with Crippen molar-refractivity contribution in [2.45, 2.75) is 33.4 Å². The van der Waals surface area contributed by atoms with E-state index in [0.29, 0.717) is 12.3 Å². The number of hydrogen-bond donors (Lipinski definition) is 2. The van der Waals surface area contributed by atoms with Crippen LogP contribution in [-0.2, 0) is 6.54 Å². The maximum Gasteiger partial charge on any atom is 0.122 e. The molecule has 2 N–H and O–H groups in total. The molecule has 0 aromatic heterocycles. The zero-order valence-electron chi connectivity index (χ0n) is 11.8. The summed E-state index contributed by atoms with van der Waals surface area (Å²) < 4.78 is 0. The van der Waals surface area contributed by atoms with Gasteiger partial charge in [0.1, 0.15) is 5.75 Å². The van der Waals surface area contributed by atoms with Gasteiger partial charge < -0.3 is 10.4 Å². The number of para-hydroxylation sites is 1. The fraction of sp³-hybridized carbons (Fsp3) is 0.294. The first-order chi connectivity index (χ1) is 9.08. The summed E-state index contributed by atoms with van der Waals surface area (Å²) in [4.78, 5) is 0. The molecule has 0 saturated carbocycles. The topological polar surface area (TPSA) is 32.3 Å². The quantitative estimate of drug-likeness (QED) is 0.869. The monoisotopic (exact) mass is 255 g/mol. The largest absolute Gasteiger partial charge is 0.507 e. The minimum absolute atomic E-state index is 0.264. The fourth-order valence-electron chi connectivity index (χ4n) is 2.18. The van der Waals surface area contributed by atoms with E-state index < -0.39 is 0 Å². The fourth-order valence-corrected chi connectivity index (χ4v) is 2.18. The lowest BCUT2D eigenvalue weighted by Crippen LogP contribution is -2.18. The van der Waals surface area contributed by atoms with Crippen molar-refractivity contribution < 1.29 is 5.11 Å². The number of nitrogens with one attached hydrogen (secondary N) is 1. The van der Waals surface area contributed by atoms with Crippen LogP contribution >= 0.6 is 0 Å². The van der Waals surface area contributed by atoms with Gasteiger partial charge in [-0.1, -0.05) is 48.0 Å². The molecule has 100 valence electrons. The summed E-state index contributed by atoms with van der Waals surface area (Å²) in [5.41, 5.74) is 4.40. The van der Waals surface area contributed by atoms with Crippen LogP contribution < -0.4 is 5.32 Å². The SMILES string of the molecule is Cc1cccc([C@@H](C)NCc2cccc(C)c2O)c1. The third kappa shape index (κ3) is 3.36. The van der Waals surface area contributed by atoms with E-state index in [4.69, 9.17) is 0 Å². The van der Waals surface area contributed by atoms with E-state index in [1.165, 1.54) is 11.1 Å². The van der Waals surface area contributed by atoms with Crippen molar-refractivity contribution in [1.29, 1.82) is 0 Å². The van der Waals surface area contributed by atoms with E-state index in [1.54, 1.807) is 0 Å². The highest BCUT2D eigenvalue weighted by Gasteiger charge is 2.07. The number of rotatable bonds is 4. The van der Waals surface area contributed by atoms with Crippen LogP contribution in [0.2, 0.25) is 0 Å². The predicted octanol–water partition coefficient (Wildman–Crippen LogP) is 3.86. The average Bonchev–Trinajstić information content (AvgIpc) is 2.40. The first-order valence-corrected chi connectivity index (χ1v) is 6.65. The van der Waals surface area contributed by atoms with Gasteiger partial charge in [0.05, 0.1) is 0 Å². The average molecular weight is 255 g/mol. The third-order valence-corrected chi connectivity index (χ3v) is 3.46. The number of aryl methyl sites for hydroxylation is 2. The van der Waals surface area contributed by atoms with Gasteiger partial charge in [-0.15, -0.1) is 0 Å². The highest BCUT2D eigenvalue weighted by atomic mass is 16.3. The van der Waals surface area contributed by atoms with Crippen molar-refractivity contribution >= 4 is 0 Å². The van der Waals surface area contributed by atoms with Gasteiger partial charge in [0.25, 0.3) is 0 Å².